The van der Waals surface area contributed by atoms with E-state index in [4.69, 9.17) is 9.15 Å². The molecule has 0 radical (unpaired) electrons. The lowest BCUT2D eigenvalue weighted by Gasteiger charge is -2.26. The number of hydrazone groups is 1. The number of nitrogens with one attached hydrogen (secondary N) is 1. The maximum absolute atomic E-state index is 9.42. The summed E-state index contributed by atoms with van der Waals surface area (Å²) in [6.07, 6.45) is 11.1. The zero-order valence-corrected chi connectivity index (χ0v) is 18.1. The number of nitrogens with zero attached hydrogens (tertiary/aromatic N) is 3. The van der Waals surface area contributed by atoms with E-state index in [1.165, 1.54) is 32.1 Å². The van der Waals surface area contributed by atoms with Gasteiger partial charge in [0, 0.05) is 5.92 Å². The minimum atomic E-state index is 0.260. The first-order valence-corrected chi connectivity index (χ1v) is 11.2. The molecule has 30 heavy (non-hydrogen) atoms. The number of unbranched alkanes of at least 4 members (excludes halogenated alkanes) is 1. The number of hydrogen-bond acceptors (Lipinski definition) is 6. The van der Waals surface area contributed by atoms with Crippen molar-refractivity contribution in [2.45, 2.75) is 71.1 Å². The minimum absolute atomic E-state index is 0.260. The molecular formula is C24H32N4O2. The van der Waals surface area contributed by atoms with Crippen molar-refractivity contribution in [3.63, 3.8) is 0 Å². The predicted octanol–water partition coefficient (Wildman–Crippen LogP) is 6.25. The zero-order valence-electron chi connectivity index (χ0n) is 18.1. The Morgan fingerprint density at radius 2 is 2.10 bits per heavy atom. The number of nitriles is 1. The average molecular weight is 409 g/mol. The summed E-state index contributed by atoms with van der Waals surface area (Å²) in [6.45, 7) is 5.01. The highest BCUT2D eigenvalue weighted by molar-refractivity contribution is 5.80. The molecule has 6 nitrogen and oxygen atoms in total. The highest BCUT2D eigenvalue weighted by Gasteiger charge is 2.27. The number of ether oxygens (including phenoxy) is 1. The van der Waals surface area contributed by atoms with Gasteiger partial charge in [0.05, 0.1) is 12.8 Å². The summed E-state index contributed by atoms with van der Waals surface area (Å²) in [7, 11) is 0. The van der Waals surface area contributed by atoms with Crippen LogP contribution in [-0.4, -0.2) is 17.8 Å². The van der Waals surface area contributed by atoms with Gasteiger partial charge in [0.2, 0.25) is 11.6 Å². The van der Waals surface area contributed by atoms with E-state index >= 15 is 0 Å². The summed E-state index contributed by atoms with van der Waals surface area (Å²) in [6, 6.07) is 9.83. The summed E-state index contributed by atoms with van der Waals surface area (Å²) in [5, 5.41) is 13.7. The van der Waals surface area contributed by atoms with Crippen molar-refractivity contribution in [3.05, 3.63) is 41.4 Å². The molecule has 0 saturated heterocycles. The molecule has 1 fully saturated rings. The Bertz CT molecular complexity index is 860. The monoisotopic (exact) mass is 408 g/mol. The quantitative estimate of drug-likeness (QED) is 0.371. The molecular weight excluding hydrogens is 376 g/mol. The molecule has 0 spiro atoms. The first-order chi connectivity index (χ1) is 14.7. The van der Waals surface area contributed by atoms with Crippen LogP contribution in [0.15, 0.2) is 33.8 Å². The first kappa shape index (κ1) is 21.9. The van der Waals surface area contributed by atoms with Crippen LogP contribution in [0.2, 0.25) is 0 Å². The van der Waals surface area contributed by atoms with Gasteiger partial charge < -0.3 is 9.15 Å². The Morgan fingerprint density at radius 1 is 1.27 bits per heavy atom. The third-order valence-electron chi connectivity index (χ3n) is 5.62. The van der Waals surface area contributed by atoms with Gasteiger partial charge in [-0.25, -0.2) is 10.4 Å². The van der Waals surface area contributed by atoms with Crippen LogP contribution in [0.25, 0.3) is 0 Å². The van der Waals surface area contributed by atoms with E-state index in [1.807, 2.05) is 24.3 Å². The van der Waals surface area contributed by atoms with Gasteiger partial charge in [-0.2, -0.15) is 10.4 Å². The Morgan fingerprint density at radius 3 is 2.83 bits per heavy atom. The van der Waals surface area contributed by atoms with Crippen molar-refractivity contribution in [3.8, 4) is 11.8 Å². The van der Waals surface area contributed by atoms with Crippen molar-refractivity contribution >= 4 is 12.1 Å². The second-order valence-corrected chi connectivity index (χ2v) is 7.99. The van der Waals surface area contributed by atoms with Gasteiger partial charge >= 0.3 is 0 Å². The summed E-state index contributed by atoms with van der Waals surface area (Å²) in [5.41, 5.74) is 4.01. The second kappa shape index (κ2) is 11.4. The zero-order chi connectivity index (χ0) is 21.2. The first-order valence-electron chi connectivity index (χ1n) is 11.2. The number of oxazole rings is 1. The molecule has 1 heterocycles. The average Bonchev–Trinajstić information content (AvgIpc) is 3.20. The third-order valence-corrected chi connectivity index (χ3v) is 5.62. The highest BCUT2D eigenvalue weighted by atomic mass is 16.5. The van der Waals surface area contributed by atoms with Gasteiger partial charge in [-0.1, -0.05) is 45.2 Å². The van der Waals surface area contributed by atoms with Crippen LogP contribution in [0, 0.1) is 17.2 Å². The molecule has 2 aromatic rings. The van der Waals surface area contributed by atoms with Crippen LogP contribution < -0.4 is 10.2 Å². The molecule has 1 aliphatic carbocycles. The van der Waals surface area contributed by atoms with Crippen LogP contribution >= 0.6 is 0 Å². The molecule has 0 bridgehead atoms. The molecule has 0 unspecified atom stereocenters. The Balaban J connectivity index is 1.59. The summed E-state index contributed by atoms with van der Waals surface area (Å²) < 4.78 is 11.5. The molecule has 160 valence electrons. The highest BCUT2D eigenvalue weighted by Crippen LogP contribution is 2.38. The van der Waals surface area contributed by atoms with E-state index in [9.17, 15) is 5.26 Å². The van der Waals surface area contributed by atoms with Crippen LogP contribution in [0.3, 0.4) is 0 Å². The lowest BCUT2D eigenvalue weighted by Crippen LogP contribution is -2.13. The second-order valence-electron chi connectivity index (χ2n) is 7.99. The molecule has 1 aromatic heterocycles. The number of anilines is 1. The molecule has 1 saturated carbocycles. The van der Waals surface area contributed by atoms with Crippen molar-refractivity contribution in [2.75, 3.05) is 12.0 Å². The SMILES string of the molecule is CCCCC1CCC(c2nc(C#N)c(NN=Cc3cccc(OCCC)c3)o2)CC1. The molecule has 1 aromatic carbocycles. The van der Waals surface area contributed by atoms with Gasteiger partial charge in [-0.3, -0.25) is 0 Å². The predicted molar refractivity (Wildman–Crippen MR) is 119 cm³/mol. The van der Waals surface area contributed by atoms with Crippen LogP contribution in [0.4, 0.5) is 5.88 Å². The fourth-order valence-electron chi connectivity index (χ4n) is 3.92. The normalized spacial score (nSPS) is 19.0. The van der Waals surface area contributed by atoms with Crippen LogP contribution in [0.1, 0.15) is 88.3 Å². The molecule has 0 amide bonds. The molecule has 3 rings (SSSR count). The number of benzene rings is 1. The lowest BCUT2D eigenvalue weighted by molar-refractivity contribution is 0.278. The lowest BCUT2D eigenvalue weighted by atomic mass is 9.80. The van der Waals surface area contributed by atoms with Crippen molar-refractivity contribution in [1.29, 1.82) is 5.26 Å². The van der Waals surface area contributed by atoms with Gasteiger partial charge in [-0.15, -0.1) is 0 Å². The smallest absolute Gasteiger partial charge is 0.252 e. The number of rotatable bonds is 10. The van der Waals surface area contributed by atoms with Gasteiger partial charge in [-0.05, 0) is 55.7 Å². The summed E-state index contributed by atoms with van der Waals surface area (Å²) in [5.74, 6) is 2.91. The van der Waals surface area contributed by atoms with Crippen molar-refractivity contribution in [1.82, 2.24) is 4.98 Å². The number of aromatic nitrogens is 1. The maximum atomic E-state index is 9.42. The molecule has 1 N–H and O–H groups in total. The standard InChI is InChI=1S/C24H32N4O2/c1-3-5-7-18-10-12-20(13-11-18)23-27-22(16-25)24(30-23)28-26-17-19-8-6-9-21(15-19)29-14-4-2/h6,8-9,15,17-18,20,28H,3-5,7,10-14H2,1-2H3. The van der Waals surface area contributed by atoms with Crippen LogP contribution in [-0.2, 0) is 0 Å². The summed E-state index contributed by atoms with van der Waals surface area (Å²) in [4.78, 5) is 4.43. The van der Waals surface area contributed by atoms with Crippen LogP contribution in [0.5, 0.6) is 5.75 Å². The minimum Gasteiger partial charge on any atom is -0.494 e. The molecule has 1 aliphatic rings. The Labute approximate surface area is 179 Å². The molecule has 0 atom stereocenters. The van der Waals surface area contributed by atoms with Gasteiger partial charge in [0.1, 0.15) is 11.8 Å². The Hall–Kier alpha value is -2.81. The molecule has 0 aliphatic heterocycles. The van der Waals surface area contributed by atoms with Crippen molar-refractivity contribution < 1.29 is 9.15 Å². The molecule has 6 heteroatoms. The Kier molecular flexibility index (Phi) is 8.31. The topological polar surface area (TPSA) is 83.4 Å². The van der Waals surface area contributed by atoms with E-state index in [2.05, 4.69) is 35.4 Å². The third kappa shape index (κ3) is 6.09. The maximum Gasteiger partial charge on any atom is 0.252 e. The van der Waals surface area contributed by atoms with E-state index in [1.54, 1.807) is 6.21 Å². The van der Waals surface area contributed by atoms with E-state index < -0.39 is 0 Å². The fourth-order valence-corrected chi connectivity index (χ4v) is 3.92. The van der Waals surface area contributed by atoms with E-state index in [0.29, 0.717) is 24.3 Å². The van der Waals surface area contributed by atoms with E-state index in [-0.39, 0.29) is 5.69 Å². The number of hydrogen-bond donors (Lipinski definition) is 1. The fraction of sp³-hybridized carbons (Fsp3) is 0.542. The van der Waals surface area contributed by atoms with Gasteiger partial charge in [0.25, 0.3) is 5.88 Å². The van der Waals surface area contributed by atoms with Gasteiger partial charge in [0.15, 0.2) is 0 Å². The summed E-state index contributed by atoms with van der Waals surface area (Å²) >= 11 is 0. The van der Waals surface area contributed by atoms with Crippen molar-refractivity contribution in [2.24, 2.45) is 11.0 Å². The van der Waals surface area contributed by atoms with E-state index in [0.717, 1.165) is 36.5 Å². The largest absolute Gasteiger partial charge is 0.494 e.